The molecule has 1 aliphatic carbocycles. The van der Waals surface area contributed by atoms with Gasteiger partial charge in [0, 0.05) is 22.7 Å². The van der Waals surface area contributed by atoms with Gasteiger partial charge >= 0.3 is 12.1 Å². The van der Waals surface area contributed by atoms with E-state index < -0.39 is 24.0 Å². The Balaban J connectivity index is 1.76. The van der Waals surface area contributed by atoms with Crippen molar-refractivity contribution in [3.63, 3.8) is 0 Å². The summed E-state index contributed by atoms with van der Waals surface area (Å²) in [7, 11) is 0. The minimum atomic E-state index is -5.17. The Labute approximate surface area is 174 Å². The first-order chi connectivity index (χ1) is 14.3. The molecule has 0 saturated heterocycles. The highest BCUT2D eigenvalue weighted by molar-refractivity contribution is 7.10. The van der Waals surface area contributed by atoms with Crippen molar-refractivity contribution in [2.45, 2.75) is 43.9 Å². The fourth-order valence-corrected chi connectivity index (χ4v) is 4.54. The minimum Gasteiger partial charge on any atom is -0.454 e. The van der Waals surface area contributed by atoms with Crippen LogP contribution in [-0.4, -0.2) is 30.8 Å². The maximum Gasteiger partial charge on any atom is 0.471 e. The first-order valence-electron chi connectivity index (χ1n) is 9.48. The molecular formula is C20H19F3N2O4S. The van der Waals surface area contributed by atoms with Gasteiger partial charge in [-0.1, -0.05) is 18.9 Å². The Hall–Kier alpha value is -2.75. The molecule has 1 fully saturated rings. The number of benzene rings is 1. The molecule has 2 amide bonds. The van der Waals surface area contributed by atoms with Gasteiger partial charge < -0.3 is 14.8 Å². The summed E-state index contributed by atoms with van der Waals surface area (Å²) < 4.78 is 51.1. The van der Waals surface area contributed by atoms with Crippen LogP contribution in [0.2, 0.25) is 0 Å². The monoisotopic (exact) mass is 440 g/mol. The van der Waals surface area contributed by atoms with E-state index in [1.165, 1.54) is 18.2 Å². The first kappa shape index (κ1) is 20.5. The number of thiophene rings is 1. The van der Waals surface area contributed by atoms with Gasteiger partial charge in [0.1, 0.15) is 0 Å². The summed E-state index contributed by atoms with van der Waals surface area (Å²) >= 11 is 1.12. The summed E-state index contributed by atoms with van der Waals surface area (Å²) in [5, 5.41) is 4.48. The molecule has 160 valence electrons. The second-order valence-corrected chi connectivity index (χ2v) is 8.10. The van der Waals surface area contributed by atoms with Crippen molar-refractivity contribution in [2.75, 3.05) is 11.7 Å². The van der Waals surface area contributed by atoms with Gasteiger partial charge in [-0.2, -0.15) is 13.2 Å². The maximum absolute atomic E-state index is 13.6. The van der Waals surface area contributed by atoms with Crippen LogP contribution in [0.3, 0.4) is 0 Å². The number of halogens is 3. The summed E-state index contributed by atoms with van der Waals surface area (Å²) in [4.78, 5) is 26.5. The van der Waals surface area contributed by atoms with E-state index in [1.807, 2.05) is 0 Å². The molecule has 2 aliphatic rings. The smallest absolute Gasteiger partial charge is 0.454 e. The molecule has 0 radical (unpaired) electrons. The first-order valence-corrected chi connectivity index (χ1v) is 10.4. The molecular weight excluding hydrogens is 421 g/mol. The van der Waals surface area contributed by atoms with Crippen molar-refractivity contribution >= 4 is 28.8 Å². The third kappa shape index (κ3) is 4.09. The molecule has 1 unspecified atom stereocenters. The predicted molar refractivity (Wildman–Crippen MR) is 104 cm³/mol. The molecule has 2 aromatic rings. The Morgan fingerprint density at radius 1 is 1.13 bits per heavy atom. The fourth-order valence-electron chi connectivity index (χ4n) is 3.73. The van der Waals surface area contributed by atoms with Gasteiger partial charge in [-0.25, -0.2) is 0 Å². The molecule has 1 atom stereocenters. The lowest BCUT2D eigenvalue weighted by Crippen LogP contribution is -2.50. The highest BCUT2D eigenvalue weighted by Gasteiger charge is 2.48. The SMILES string of the molecule is O=C(NC1CCCC1)C(c1cccs1)N(C(=O)C(F)(F)F)c1ccc2c(c1)OCO2. The Bertz CT molecular complexity index is 927. The Morgan fingerprint density at radius 2 is 1.87 bits per heavy atom. The van der Waals surface area contributed by atoms with E-state index in [0.717, 1.165) is 37.0 Å². The number of nitrogens with one attached hydrogen (secondary N) is 1. The quantitative estimate of drug-likeness (QED) is 0.758. The molecule has 1 aliphatic heterocycles. The summed E-state index contributed by atoms with van der Waals surface area (Å²) in [5.41, 5.74) is -0.0958. The standard InChI is InChI=1S/C20H19F3N2O4S/c21-20(22,23)19(27)25(13-7-8-14-15(10-13)29-11-28-14)17(16-6-3-9-30-16)18(26)24-12-4-1-2-5-12/h3,6-10,12,17H,1-2,4-5,11H2,(H,24,26). The largest absolute Gasteiger partial charge is 0.471 e. The number of fused-ring (bicyclic) bond motifs is 1. The van der Waals surface area contributed by atoms with Gasteiger partial charge in [0.25, 0.3) is 0 Å². The molecule has 2 heterocycles. The van der Waals surface area contributed by atoms with Crippen molar-refractivity contribution < 1.29 is 32.2 Å². The summed E-state index contributed by atoms with van der Waals surface area (Å²) in [6, 6.07) is 5.64. The lowest BCUT2D eigenvalue weighted by molar-refractivity contribution is -0.171. The number of amides is 2. The average molecular weight is 440 g/mol. The normalized spacial score (nSPS) is 17.0. The van der Waals surface area contributed by atoms with Crippen LogP contribution >= 0.6 is 11.3 Å². The fraction of sp³-hybridized carbons (Fsp3) is 0.400. The maximum atomic E-state index is 13.6. The van der Waals surface area contributed by atoms with Crippen LogP contribution in [-0.2, 0) is 9.59 Å². The van der Waals surface area contributed by atoms with E-state index in [9.17, 15) is 22.8 Å². The van der Waals surface area contributed by atoms with E-state index in [-0.39, 0.29) is 24.3 Å². The lowest BCUT2D eigenvalue weighted by Gasteiger charge is -2.32. The van der Waals surface area contributed by atoms with E-state index in [1.54, 1.807) is 17.5 Å². The molecule has 0 spiro atoms. The van der Waals surface area contributed by atoms with E-state index in [4.69, 9.17) is 9.47 Å². The molecule has 30 heavy (non-hydrogen) atoms. The van der Waals surface area contributed by atoms with Crippen LogP contribution in [0, 0.1) is 0 Å². The number of carbonyl (C=O) groups is 2. The summed E-state index contributed by atoms with van der Waals surface area (Å²) in [6.07, 6.45) is -1.75. The highest BCUT2D eigenvalue weighted by atomic mass is 32.1. The van der Waals surface area contributed by atoms with Crippen molar-refractivity contribution in [1.82, 2.24) is 5.32 Å². The summed E-state index contributed by atoms with van der Waals surface area (Å²) in [5.74, 6) is -2.18. The molecule has 1 aromatic carbocycles. The van der Waals surface area contributed by atoms with Gasteiger partial charge in [0.15, 0.2) is 17.5 Å². The zero-order valence-corrected chi connectivity index (χ0v) is 16.6. The van der Waals surface area contributed by atoms with Crippen molar-refractivity contribution in [2.24, 2.45) is 0 Å². The van der Waals surface area contributed by atoms with Gasteiger partial charge in [-0.15, -0.1) is 11.3 Å². The molecule has 1 N–H and O–H groups in total. The summed E-state index contributed by atoms with van der Waals surface area (Å²) in [6.45, 7) is -0.0669. The molecule has 10 heteroatoms. The molecule has 1 saturated carbocycles. The third-order valence-electron chi connectivity index (χ3n) is 5.12. The number of alkyl halides is 3. The van der Waals surface area contributed by atoms with Crippen LogP contribution in [0.4, 0.5) is 18.9 Å². The van der Waals surface area contributed by atoms with Crippen LogP contribution in [0.25, 0.3) is 0 Å². The number of ether oxygens (including phenoxy) is 2. The second-order valence-electron chi connectivity index (χ2n) is 7.12. The van der Waals surface area contributed by atoms with Crippen LogP contribution < -0.4 is 19.7 Å². The molecule has 4 rings (SSSR count). The topological polar surface area (TPSA) is 67.9 Å². The van der Waals surface area contributed by atoms with Gasteiger partial charge in [-0.3, -0.25) is 14.5 Å². The van der Waals surface area contributed by atoms with Crippen molar-refractivity contribution in [3.05, 3.63) is 40.6 Å². The number of hydrogen-bond acceptors (Lipinski definition) is 5. The lowest BCUT2D eigenvalue weighted by atomic mass is 10.1. The van der Waals surface area contributed by atoms with E-state index in [0.29, 0.717) is 15.5 Å². The zero-order chi connectivity index (χ0) is 21.3. The van der Waals surface area contributed by atoms with E-state index >= 15 is 0 Å². The number of rotatable bonds is 5. The van der Waals surface area contributed by atoms with E-state index in [2.05, 4.69) is 5.32 Å². The number of hydrogen-bond donors (Lipinski definition) is 1. The second kappa shape index (κ2) is 8.17. The van der Waals surface area contributed by atoms with Crippen LogP contribution in [0.5, 0.6) is 11.5 Å². The predicted octanol–water partition coefficient (Wildman–Crippen LogP) is 4.17. The number of anilines is 1. The third-order valence-corrected chi connectivity index (χ3v) is 6.04. The number of nitrogens with zero attached hydrogens (tertiary/aromatic N) is 1. The van der Waals surface area contributed by atoms with Gasteiger partial charge in [0.05, 0.1) is 0 Å². The zero-order valence-electron chi connectivity index (χ0n) is 15.8. The average Bonchev–Trinajstić information content (AvgIpc) is 3.46. The molecule has 0 bridgehead atoms. The van der Waals surface area contributed by atoms with Gasteiger partial charge in [0.2, 0.25) is 12.7 Å². The van der Waals surface area contributed by atoms with Crippen molar-refractivity contribution in [1.29, 1.82) is 0 Å². The Kier molecular flexibility index (Phi) is 5.59. The molecule has 1 aromatic heterocycles. The van der Waals surface area contributed by atoms with Crippen LogP contribution in [0.15, 0.2) is 35.7 Å². The van der Waals surface area contributed by atoms with Crippen molar-refractivity contribution in [3.8, 4) is 11.5 Å². The minimum absolute atomic E-state index is 0.0669. The van der Waals surface area contributed by atoms with Gasteiger partial charge in [-0.05, 0) is 36.4 Å². The Morgan fingerprint density at radius 3 is 2.53 bits per heavy atom. The molecule has 6 nitrogen and oxygen atoms in total. The van der Waals surface area contributed by atoms with Crippen LogP contribution in [0.1, 0.15) is 36.6 Å². The number of carbonyl (C=O) groups excluding carboxylic acids is 2. The highest BCUT2D eigenvalue weighted by Crippen LogP contribution is 2.40.